The number of anilines is 2. The van der Waals surface area contributed by atoms with Crippen molar-refractivity contribution in [3.63, 3.8) is 0 Å². The van der Waals surface area contributed by atoms with Crippen LogP contribution in [0, 0.1) is 5.41 Å². The maximum absolute atomic E-state index is 10.1. The molecule has 6 nitrogen and oxygen atoms in total. The van der Waals surface area contributed by atoms with Crippen LogP contribution in [0.1, 0.15) is 40.5 Å². The third-order valence-electron chi connectivity index (χ3n) is 2.90. The summed E-state index contributed by atoms with van der Waals surface area (Å²) in [7, 11) is 1.59. The lowest BCUT2D eigenvalue weighted by molar-refractivity contribution is 0.132. The van der Waals surface area contributed by atoms with Gasteiger partial charge in [0.15, 0.2) is 11.6 Å². The van der Waals surface area contributed by atoms with E-state index in [1.54, 1.807) is 7.11 Å². The van der Waals surface area contributed by atoms with Crippen LogP contribution in [0.25, 0.3) is 0 Å². The Balaban J connectivity index is 2.70. The monoisotopic (exact) mass is 296 g/mol. The smallest absolute Gasteiger partial charge is 0.204 e. The van der Waals surface area contributed by atoms with Gasteiger partial charge in [0.05, 0.1) is 13.2 Å². The van der Waals surface area contributed by atoms with E-state index < -0.39 is 6.10 Å². The number of ether oxygens (including phenoxy) is 1. The first-order valence-corrected chi connectivity index (χ1v) is 7.42. The second-order valence-corrected chi connectivity index (χ2v) is 6.33. The molecule has 0 bridgehead atoms. The topological polar surface area (TPSA) is 79.3 Å². The average molecular weight is 296 g/mol. The van der Waals surface area contributed by atoms with Gasteiger partial charge >= 0.3 is 0 Å². The standard InChI is InChI=1S/C15H28N4O2/c1-6-7-16-13-12(21-5)14(19-10-18-13)17-9-11(20)8-15(2,3)4/h10-11,20H,6-9H2,1-5H3,(H2,16,17,18,19). The normalized spacial score (nSPS) is 12.9. The largest absolute Gasteiger partial charge is 0.490 e. The van der Waals surface area contributed by atoms with E-state index in [-0.39, 0.29) is 5.41 Å². The molecule has 1 rings (SSSR count). The zero-order valence-electron chi connectivity index (χ0n) is 13.7. The minimum atomic E-state index is -0.434. The molecular formula is C15H28N4O2. The van der Waals surface area contributed by atoms with E-state index in [1.807, 2.05) is 0 Å². The van der Waals surface area contributed by atoms with Crippen molar-refractivity contribution >= 4 is 11.6 Å². The number of rotatable bonds is 8. The van der Waals surface area contributed by atoms with Crippen molar-refractivity contribution in [3.8, 4) is 5.75 Å². The number of hydrogen-bond donors (Lipinski definition) is 3. The first kappa shape index (κ1) is 17.5. The molecule has 1 unspecified atom stereocenters. The predicted octanol–water partition coefficient (Wildman–Crippen LogP) is 2.52. The predicted molar refractivity (Wildman–Crippen MR) is 85.9 cm³/mol. The Kier molecular flexibility index (Phi) is 6.68. The number of hydrogen-bond acceptors (Lipinski definition) is 6. The summed E-state index contributed by atoms with van der Waals surface area (Å²) in [5.41, 5.74) is 0.0880. The maximum Gasteiger partial charge on any atom is 0.204 e. The Morgan fingerprint density at radius 1 is 1.24 bits per heavy atom. The number of methoxy groups -OCH3 is 1. The summed E-state index contributed by atoms with van der Waals surface area (Å²) >= 11 is 0. The van der Waals surface area contributed by atoms with Gasteiger partial charge in [0, 0.05) is 13.1 Å². The van der Waals surface area contributed by atoms with E-state index in [9.17, 15) is 5.11 Å². The van der Waals surface area contributed by atoms with Crippen molar-refractivity contribution in [3.05, 3.63) is 6.33 Å². The zero-order chi connectivity index (χ0) is 15.9. The Morgan fingerprint density at radius 2 is 1.86 bits per heavy atom. The summed E-state index contributed by atoms with van der Waals surface area (Å²) in [5.74, 6) is 1.84. The van der Waals surface area contributed by atoms with Gasteiger partial charge in [-0.3, -0.25) is 0 Å². The highest BCUT2D eigenvalue weighted by atomic mass is 16.5. The number of nitrogens with one attached hydrogen (secondary N) is 2. The maximum atomic E-state index is 10.1. The molecule has 0 spiro atoms. The molecule has 1 atom stereocenters. The summed E-state index contributed by atoms with van der Waals surface area (Å²) in [4.78, 5) is 8.37. The van der Waals surface area contributed by atoms with Crippen molar-refractivity contribution in [1.29, 1.82) is 0 Å². The summed E-state index contributed by atoms with van der Waals surface area (Å²) < 4.78 is 5.38. The van der Waals surface area contributed by atoms with E-state index in [0.717, 1.165) is 13.0 Å². The van der Waals surface area contributed by atoms with Crippen molar-refractivity contribution in [2.45, 2.75) is 46.6 Å². The molecule has 0 aliphatic carbocycles. The third-order valence-corrected chi connectivity index (χ3v) is 2.90. The van der Waals surface area contributed by atoms with Gasteiger partial charge in [-0.25, -0.2) is 9.97 Å². The fraction of sp³-hybridized carbons (Fsp3) is 0.733. The lowest BCUT2D eigenvalue weighted by atomic mass is 9.89. The molecule has 0 saturated heterocycles. The first-order valence-electron chi connectivity index (χ1n) is 7.42. The Hall–Kier alpha value is -1.56. The van der Waals surface area contributed by atoms with Crippen LogP contribution in [0.3, 0.4) is 0 Å². The lowest BCUT2D eigenvalue weighted by Crippen LogP contribution is -2.25. The molecule has 21 heavy (non-hydrogen) atoms. The molecule has 1 aromatic rings. The van der Waals surface area contributed by atoms with Crippen LogP contribution in [0.15, 0.2) is 6.33 Å². The molecular weight excluding hydrogens is 268 g/mol. The lowest BCUT2D eigenvalue weighted by Gasteiger charge is -2.23. The van der Waals surface area contributed by atoms with Gasteiger partial charge in [-0.15, -0.1) is 0 Å². The summed E-state index contributed by atoms with van der Waals surface area (Å²) in [6, 6.07) is 0. The molecule has 1 heterocycles. The second-order valence-electron chi connectivity index (χ2n) is 6.33. The molecule has 0 amide bonds. The Labute approximate surface area is 127 Å². The summed E-state index contributed by atoms with van der Waals surface area (Å²) in [5, 5.41) is 16.4. The first-order chi connectivity index (χ1) is 9.87. The minimum Gasteiger partial charge on any atom is -0.490 e. The molecule has 6 heteroatoms. The molecule has 0 fully saturated rings. The average Bonchev–Trinajstić information content (AvgIpc) is 2.40. The van der Waals surface area contributed by atoms with Crippen molar-refractivity contribution in [1.82, 2.24) is 9.97 Å². The highest BCUT2D eigenvalue weighted by Gasteiger charge is 2.18. The van der Waals surface area contributed by atoms with Crippen LogP contribution in [0.5, 0.6) is 5.75 Å². The van der Waals surface area contributed by atoms with Crippen molar-refractivity contribution in [2.24, 2.45) is 5.41 Å². The molecule has 0 saturated carbocycles. The van der Waals surface area contributed by atoms with Gasteiger partial charge in [0.1, 0.15) is 6.33 Å². The number of aliphatic hydroxyl groups is 1. The fourth-order valence-corrected chi connectivity index (χ4v) is 2.06. The van der Waals surface area contributed by atoms with Gasteiger partial charge in [-0.1, -0.05) is 27.7 Å². The van der Waals surface area contributed by atoms with Gasteiger partial charge in [0.2, 0.25) is 5.75 Å². The van der Waals surface area contributed by atoms with Crippen molar-refractivity contribution < 1.29 is 9.84 Å². The summed E-state index contributed by atoms with van der Waals surface area (Å²) in [6.45, 7) is 9.65. The molecule has 0 aliphatic rings. The van der Waals surface area contributed by atoms with Gasteiger partial charge < -0.3 is 20.5 Å². The molecule has 120 valence electrons. The Morgan fingerprint density at radius 3 is 2.38 bits per heavy atom. The van der Waals surface area contributed by atoms with Crippen LogP contribution in [-0.2, 0) is 0 Å². The van der Waals surface area contributed by atoms with Gasteiger partial charge in [0.25, 0.3) is 0 Å². The third kappa shape index (κ3) is 6.16. The van der Waals surface area contributed by atoms with Crippen LogP contribution >= 0.6 is 0 Å². The van der Waals surface area contributed by atoms with Crippen LogP contribution in [0.2, 0.25) is 0 Å². The second kappa shape index (κ2) is 8.02. The number of aromatic nitrogens is 2. The number of nitrogens with zero attached hydrogens (tertiary/aromatic N) is 2. The van der Waals surface area contributed by atoms with Crippen LogP contribution < -0.4 is 15.4 Å². The number of aliphatic hydroxyl groups excluding tert-OH is 1. The van der Waals surface area contributed by atoms with E-state index in [4.69, 9.17) is 4.74 Å². The van der Waals surface area contributed by atoms with Crippen molar-refractivity contribution in [2.75, 3.05) is 30.8 Å². The van der Waals surface area contributed by atoms with Gasteiger partial charge in [-0.2, -0.15) is 0 Å². The molecule has 3 N–H and O–H groups in total. The van der Waals surface area contributed by atoms with Crippen LogP contribution in [-0.4, -0.2) is 41.4 Å². The van der Waals surface area contributed by atoms with E-state index in [1.165, 1.54) is 6.33 Å². The van der Waals surface area contributed by atoms with Crippen LogP contribution in [0.4, 0.5) is 11.6 Å². The molecule has 0 radical (unpaired) electrons. The zero-order valence-corrected chi connectivity index (χ0v) is 13.7. The molecule has 1 aromatic heterocycles. The highest BCUT2D eigenvalue weighted by Crippen LogP contribution is 2.29. The van der Waals surface area contributed by atoms with E-state index >= 15 is 0 Å². The quantitative estimate of drug-likeness (QED) is 0.684. The Bertz CT molecular complexity index is 432. The fourth-order valence-electron chi connectivity index (χ4n) is 2.06. The minimum absolute atomic E-state index is 0.0880. The SMILES string of the molecule is CCCNc1ncnc(NCC(O)CC(C)(C)C)c1OC. The molecule has 0 aliphatic heterocycles. The van der Waals surface area contributed by atoms with E-state index in [2.05, 4.69) is 48.3 Å². The van der Waals surface area contributed by atoms with Gasteiger partial charge in [-0.05, 0) is 18.3 Å². The van der Waals surface area contributed by atoms with E-state index in [0.29, 0.717) is 30.4 Å². The highest BCUT2D eigenvalue weighted by molar-refractivity contribution is 5.63. The molecule has 0 aromatic carbocycles. The summed E-state index contributed by atoms with van der Waals surface area (Å²) in [6.07, 6.45) is 2.77.